The summed E-state index contributed by atoms with van der Waals surface area (Å²) in [5.41, 5.74) is 0. The molecular weight excluding hydrogens is 328 g/mol. The molecule has 0 spiro atoms. The largest absolute Gasteiger partial charge is 0.513 e. The molecule has 0 fully saturated rings. The van der Waals surface area contributed by atoms with Crippen LogP contribution in [0.15, 0.2) is 12.8 Å². The molecular formula is C16H34O5Si2. The van der Waals surface area contributed by atoms with Crippen LogP contribution in [0.5, 0.6) is 0 Å². The Labute approximate surface area is 143 Å². The van der Waals surface area contributed by atoms with Crippen molar-refractivity contribution in [2.75, 3.05) is 19.8 Å². The fraction of sp³-hybridized carbons (Fsp3) is 0.812. The summed E-state index contributed by atoms with van der Waals surface area (Å²) in [6, 6.07) is 2.34. The van der Waals surface area contributed by atoms with Gasteiger partial charge >= 0.3 is 6.16 Å². The number of rotatable bonds is 13. The van der Waals surface area contributed by atoms with Crippen molar-refractivity contribution in [1.82, 2.24) is 0 Å². The molecule has 0 aromatic carbocycles. The van der Waals surface area contributed by atoms with Crippen LogP contribution in [0, 0.1) is 0 Å². The summed E-state index contributed by atoms with van der Waals surface area (Å²) < 4.78 is 21.2. The van der Waals surface area contributed by atoms with Gasteiger partial charge in [-0.05, 0) is 44.7 Å². The molecule has 0 aliphatic heterocycles. The van der Waals surface area contributed by atoms with Crippen molar-refractivity contribution in [1.29, 1.82) is 0 Å². The molecule has 0 aromatic rings. The molecule has 0 heterocycles. The van der Waals surface area contributed by atoms with E-state index in [0.29, 0.717) is 13.2 Å². The fourth-order valence-electron chi connectivity index (χ4n) is 2.44. The van der Waals surface area contributed by atoms with E-state index in [2.05, 4.69) is 44.4 Å². The first-order valence-corrected chi connectivity index (χ1v) is 14.7. The van der Waals surface area contributed by atoms with Crippen molar-refractivity contribution in [3.63, 3.8) is 0 Å². The van der Waals surface area contributed by atoms with Crippen LogP contribution in [0.25, 0.3) is 0 Å². The highest BCUT2D eigenvalue weighted by atomic mass is 28.4. The lowest BCUT2D eigenvalue weighted by Gasteiger charge is -2.34. The van der Waals surface area contributed by atoms with Gasteiger partial charge in [0.25, 0.3) is 0 Å². The van der Waals surface area contributed by atoms with E-state index in [-0.39, 0.29) is 6.61 Å². The van der Waals surface area contributed by atoms with Gasteiger partial charge in [-0.15, -0.1) is 0 Å². The predicted molar refractivity (Wildman–Crippen MR) is 98.6 cm³/mol. The molecule has 136 valence electrons. The van der Waals surface area contributed by atoms with E-state index in [1.165, 1.54) is 18.9 Å². The van der Waals surface area contributed by atoms with E-state index in [1.54, 1.807) is 0 Å². The van der Waals surface area contributed by atoms with E-state index in [1.807, 2.05) is 0 Å². The first kappa shape index (κ1) is 22.4. The molecule has 0 radical (unpaired) electrons. The third-order valence-corrected chi connectivity index (χ3v) is 10.9. The zero-order valence-electron chi connectivity index (χ0n) is 15.5. The molecule has 0 saturated heterocycles. The van der Waals surface area contributed by atoms with Crippen LogP contribution in [-0.2, 0) is 18.3 Å². The van der Waals surface area contributed by atoms with Gasteiger partial charge in [-0.1, -0.05) is 26.3 Å². The van der Waals surface area contributed by atoms with Gasteiger partial charge in [-0.25, -0.2) is 4.79 Å². The quantitative estimate of drug-likeness (QED) is 0.201. The normalized spacial score (nSPS) is 12.0. The van der Waals surface area contributed by atoms with Crippen LogP contribution < -0.4 is 0 Å². The minimum atomic E-state index is -1.62. The Morgan fingerprint density at radius 2 is 1.61 bits per heavy atom. The van der Waals surface area contributed by atoms with Crippen molar-refractivity contribution in [2.45, 2.75) is 64.5 Å². The van der Waals surface area contributed by atoms with Crippen molar-refractivity contribution in [3.05, 3.63) is 12.8 Å². The Hall–Kier alpha value is -0.636. The molecule has 0 aliphatic carbocycles. The highest BCUT2D eigenvalue weighted by molar-refractivity contribution is 6.84. The van der Waals surface area contributed by atoms with Crippen LogP contribution in [-0.4, -0.2) is 42.6 Å². The fourth-order valence-corrected chi connectivity index (χ4v) is 11.4. The first-order valence-electron chi connectivity index (χ1n) is 8.44. The molecule has 0 saturated carbocycles. The zero-order valence-corrected chi connectivity index (χ0v) is 17.5. The van der Waals surface area contributed by atoms with Gasteiger partial charge in [-0.2, -0.15) is 0 Å². The average molecular weight is 363 g/mol. The molecule has 0 unspecified atom stereocenters. The molecule has 23 heavy (non-hydrogen) atoms. The van der Waals surface area contributed by atoms with E-state index in [4.69, 9.17) is 13.6 Å². The van der Waals surface area contributed by atoms with Gasteiger partial charge in [-0.3, -0.25) is 0 Å². The Bertz CT molecular complexity index is 345. The number of hydrogen-bond acceptors (Lipinski definition) is 5. The van der Waals surface area contributed by atoms with Gasteiger partial charge in [0.15, 0.2) is 16.6 Å². The highest BCUT2D eigenvalue weighted by Gasteiger charge is 2.31. The van der Waals surface area contributed by atoms with E-state index < -0.39 is 22.8 Å². The second-order valence-corrected chi connectivity index (χ2v) is 15.7. The van der Waals surface area contributed by atoms with Gasteiger partial charge in [0, 0.05) is 6.61 Å². The smallest absolute Gasteiger partial charge is 0.455 e. The third kappa shape index (κ3) is 13.5. The van der Waals surface area contributed by atoms with Crippen molar-refractivity contribution < 1.29 is 23.1 Å². The standard InChI is InChI=1S/C16H34O5Si2/c1-7-9-14-22(3,4)21-23(5,6)15-10-11-18-12-13-20-16(17)19-8-2/h8H,2,7,9-15H2,1,3-6H3. The summed E-state index contributed by atoms with van der Waals surface area (Å²) >= 11 is 0. The maximum absolute atomic E-state index is 10.9. The molecule has 0 aliphatic rings. The number of ether oxygens (including phenoxy) is 3. The zero-order chi connectivity index (χ0) is 17.8. The van der Waals surface area contributed by atoms with Crippen LogP contribution >= 0.6 is 0 Å². The molecule has 0 aromatic heterocycles. The van der Waals surface area contributed by atoms with Crippen LogP contribution in [0.1, 0.15) is 26.2 Å². The topological polar surface area (TPSA) is 54.0 Å². The summed E-state index contributed by atoms with van der Waals surface area (Å²) in [5.74, 6) is 0. The molecule has 0 atom stereocenters. The van der Waals surface area contributed by atoms with Crippen molar-refractivity contribution in [2.24, 2.45) is 0 Å². The minimum Gasteiger partial charge on any atom is -0.455 e. The van der Waals surface area contributed by atoms with Gasteiger partial charge in [0.2, 0.25) is 0 Å². The molecule has 0 bridgehead atoms. The second kappa shape index (κ2) is 11.8. The number of carbonyl (C=O) groups is 1. The van der Waals surface area contributed by atoms with Crippen LogP contribution in [0.4, 0.5) is 4.79 Å². The average Bonchev–Trinajstić information content (AvgIpc) is 2.43. The molecule has 0 amide bonds. The van der Waals surface area contributed by atoms with Crippen molar-refractivity contribution >= 4 is 22.8 Å². The Kier molecular flexibility index (Phi) is 11.5. The predicted octanol–water partition coefficient (Wildman–Crippen LogP) is 4.92. The van der Waals surface area contributed by atoms with Crippen LogP contribution in [0.2, 0.25) is 38.3 Å². The third-order valence-electron chi connectivity index (χ3n) is 3.38. The van der Waals surface area contributed by atoms with Gasteiger partial charge in [0.05, 0.1) is 12.9 Å². The molecule has 0 rings (SSSR count). The molecule has 5 nitrogen and oxygen atoms in total. The summed E-state index contributed by atoms with van der Waals surface area (Å²) in [6.07, 6.45) is 3.78. The highest BCUT2D eigenvalue weighted by Crippen LogP contribution is 2.24. The Balaban J connectivity index is 3.77. The maximum Gasteiger partial charge on any atom is 0.513 e. The van der Waals surface area contributed by atoms with E-state index in [9.17, 15) is 4.79 Å². The monoisotopic (exact) mass is 362 g/mol. The summed E-state index contributed by atoms with van der Waals surface area (Å²) in [6.45, 7) is 16.0. The SMILES string of the molecule is C=COC(=O)OCCOCCC[Si](C)(C)O[Si](C)(C)CCCC. The van der Waals surface area contributed by atoms with E-state index in [0.717, 1.165) is 18.7 Å². The minimum absolute atomic E-state index is 0.195. The molecule has 0 N–H and O–H groups in total. The van der Waals surface area contributed by atoms with Gasteiger partial charge in [0.1, 0.15) is 6.61 Å². The van der Waals surface area contributed by atoms with Gasteiger partial charge < -0.3 is 18.3 Å². The summed E-state index contributed by atoms with van der Waals surface area (Å²) in [7, 11) is -3.14. The number of carbonyl (C=O) groups excluding carboxylic acids is 1. The van der Waals surface area contributed by atoms with Crippen LogP contribution in [0.3, 0.4) is 0 Å². The maximum atomic E-state index is 10.9. The van der Waals surface area contributed by atoms with E-state index >= 15 is 0 Å². The summed E-state index contributed by atoms with van der Waals surface area (Å²) in [5, 5.41) is 0. The number of unbranched alkanes of at least 4 members (excludes halogenated alkanes) is 1. The first-order chi connectivity index (χ1) is 10.7. The second-order valence-electron chi connectivity index (χ2n) is 6.82. The Morgan fingerprint density at radius 3 is 2.17 bits per heavy atom. The lowest BCUT2D eigenvalue weighted by atomic mass is 10.4. The molecule has 7 heteroatoms. The lowest BCUT2D eigenvalue weighted by Crippen LogP contribution is -2.44. The number of hydrogen-bond donors (Lipinski definition) is 0. The Morgan fingerprint density at radius 1 is 1.00 bits per heavy atom. The lowest BCUT2D eigenvalue weighted by molar-refractivity contribution is 0.0446. The summed E-state index contributed by atoms with van der Waals surface area (Å²) in [4.78, 5) is 10.9. The van der Waals surface area contributed by atoms with Crippen molar-refractivity contribution in [3.8, 4) is 0 Å².